The molecule has 2 N–H and O–H groups in total. The Balaban J connectivity index is 1.57. The summed E-state index contributed by atoms with van der Waals surface area (Å²) in [7, 11) is 0. The lowest BCUT2D eigenvalue weighted by atomic mass is 10.2. The van der Waals surface area contributed by atoms with Gasteiger partial charge in [0.1, 0.15) is 0 Å². The van der Waals surface area contributed by atoms with E-state index in [0.29, 0.717) is 4.34 Å². The monoisotopic (exact) mass is 506 g/mol. The summed E-state index contributed by atoms with van der Waals surface area (Å²) in [5.74, 6) is -1.20. The van der Waals surface area contributed by atoms with Gasteiger partial charge in [0.05, 0.1) is 32.6 Å². The Kier molecular flexibility index (Phi) is 7.42. The summed E-state index contributed by atoms with van der Waals surface area (Å²) >= 11 is 13.9. The number of benzene rings is 2. The summed E-state index contributed by atoms with van der Waals surface area (Å²) in [4.78, 5) is 24.3. The molecule has 6 nitrogen and oxygen atoms in total. The Labute approximate surface area is 192 Å². The van der Waals surface area contributed by atoms with Crippen LogP contribution in [-0.2, 0) is 11.0 Å². The fourth-order valence-corrected chi connectivity index (χ4v) is 4.17. The summed E-state index contributed by atoms with van der Waals surface area (Å²) in [5, 5.41) is 13.0. The second kappa shape index (κ2) is 9.86. The first kappa shape index (κ1) is 23.3. The highest BCUT2D eigenvalue weighted by Crippen LogP contribution is 2.34. The van der Waals surface area contributed by atoms with Crippen molar-refractivity contribution in [2.75, 3.05) is 16.4 Å². The number of anilines is 2. The van der Waals surface area contributed by atoms with Gasteiger partial charge in [0.25, 0.3) is 5.91 Å². The van der Waals surface area contributed by atoms with Crippen LogP contribution in [0.3, 0.4) is 0 Å². The molecule has 0 aliphatic carbocycles. The third-order valence-corrected chi connectivity index (χ3v) is 6.27. The average Bonchev–Trinajstić information content (AvgIpc) is 3.15. The lowest BCUT2D eigenvalue weighted by Gasteiger charge is -2.11. The van der Waals surface area contributed by atoms with E-state index in [2.05, 4.69) is 20.8 Å². The third kappa shape index (κ3) is 6.33. The number of rotatable bonds is 6. The molecule has 31 heavy (non-hydrogen) atoms. The van der Waals surface area contributed by atoms with Gasteiger partial charge >= 0.3 is 6.18 Å². The van der Waals surface area contributed by atoms with Crippen LogP contribution < -0.4 is 10.6 Å². The van der Waals surface area contributed by atoms with Gasteiger partial charge in [-0.1, -0.05) is 58.4 Å². The van der Waals surface area contributed by atoms with Crippen molar-refractivity contribution < 1.29 is 22.8 Å². The maximum atomic E-state index is 12.8. The standard InChI is InChI=1S/C18H11Cl2F3N4O2S2/c19-11-4-2-1-3-10(11)15(29)25-16-26-27-17(31-16)30-8-14(28)24-13-7-9(18(21,22)23)5-6-12(13)20/h1-7H,8H2,(H,24,28)(H,25,26,29). The molecule has 3 rings (SSSR count). The number of hydrogen-bond acceptors (Lipinski definition) is 6. The van der Waals surface area contributed by atoms with Gasteiger partial charge in [0.15, 0.2) is 4.34 Å². The molecule has 13 heteroatoms. The highest BCUT2D eigenvalue weighted by molar-refractivity contribution is 8.01. The first-order chi connectivity index (χ1) is 14.6. The number of halogens is 5. The van der Waals surface area contributed by atoms with E-state index in [9.17, 15) is 22.8 Å². The third-order valence-electron chi connectivity index (χ3n) is 3.64. The number of thioether (sulfide) groups is 1. The van der Waals surface area contributed by atoms with Crippen molar-refractivity contribution in [1.29, 1.82) is 0 Å². The van der Waals surface area contributed by atoms with Gasteiger partial charge in [-0.3, -0.25) is 14.9 Å². The maximum absolute atomic E-state index is 12.8. The smallest absolute Gasteiger partial charge is 0.324 e. The van der Waals surface area contributed by atoms with Crippen LogP contribution >= 0.6 is 46.3 Å². The Morgan fingerprint density at radius 1 is 1.03 bits per heavy atom. The number of carbonyl (C=O) groups is 2. The van der Waals surface area contributed by atoms with E-state index in [1.54, 1.807) is 24.3 Å². The van der Waals surface area contributed by atoms with Crippen molar-refractivity contribution in [3.63, 3.8) is 0 Å². The van der Waals surface area contributed by atoms with Gasteiger partial charge in [0.2, 0.25) is 11.0 Å². The van der Waals surface area contributed by atoms with E-state index in [1.807, 2.05) is 0 Å². The topological polar surface area (TPSA) is 84.0 Å². The van der Waals surface area contributed by atoms with Gasteiger partial charge in [-0.15, -0.1) is 10.2 Å². The number of hydrogen-bond donors (Lipinski definition) is 2. The van der Waals surface area contributed by atoms with Crippen molar-refractivity contribution in [2.24, 2.45) is 0 Å². The van der Waals surface area contributed by atoms with Crippen molar-refractivity contribution in [3.05, 3.63) is 63.6 Å². The molecule has 0 saturated heterocycles. The van der Waals surface area contributed by atoms with E-state index in [4.69, 9.17) is 23.2 Å². The molecule has 0 aliphatic rings. The van der Waals surface area contributed by atoms with Gasteiger partial charge in [-0.2, -0.15) is 13.2 Å². The van der Waals surface area contributed by atoms with Gasteiger partial charge in [-0.05, 0) is 30.3 Å². The van der Waals surface area contributed by atoms with E-state index < -0.39 is 23.6 Å². The van der Waals surface area contributed by atoms with Crippen LogP contribution in [-0.4, -0.2) is 27.8 Å². The molecule has 2 amide bonds. The molecule has 0 spiro atoms. The summed E-state index contributed by atoms with van der Waals surface area (Å²) in [5.41, 5.74) is -0.805. The molecule has 0 aliphatic heterocycles. The van der Waals surface area contributed by atoms with Crippen LogP contribution in [0.15, 0.2) is 46.8 Å². The van der Waals surface area contributed by atoms with Gasteiger partial charge in [-0.25, -0.2) is 0 Å². The summed E-state index contributed by atoms with van der Waals surface area (Å²) in [6.45, 7) is 0. The predicted octanol–water partition coefficient (Wildman–Crippen LogP) is 5.85. The molecule has 1 heterocycles. The maximum Gasteiger partial charge on any atom is 0.416 e. The van der Waals surface area contributed by atoms with E-state index >= 15 is 0 Å². The zero-order chi connectivity index (χ0) is 22.6. The molecule has 0 radical (unpaired) electrons. The zero-order valence-electron chi connectivity index (χ0n) is 15.2. The van der Waals surface area contributed by atoms with Crippen molar-refractivity contribution in [3.8, 4) is 0 Å². The molecular formula is C18H11Cl2F3N4O2S2. The predicted molar refractivity (Wildman–Crippen MR) is 115 cm³/mol. The number of nitrogens with zero attached hydrogens (tertiary/aromatic N) is 2. The molecular weight excluding hydrogens is 496 g/mol. The Morgan fingerprint density at radius 2 is 1.77 bits per heavy atom. The minimum absolute atomic E-state index is 0.0214. The molecule has 162 valence electrons. The second-order valence-electron chi connectivity index (χ2n) is 5.84. The van der Waals surface area contributed by atoms with Crippen LogP contribution in [0.25, 0.3) is 0 Å². The Hall–Kier alpha value is -2.34. The number of carbonyl (C=O) groups excluding carboxylic acids is 2. The van der Waals surface area contributed by atoms with Crippen LogP contribution in [0.2, 0.25) is 10.0 Å². The molecule has 3 aromatic rings. The quantitative estimate of drug-likeness (QED) is 0.323. The molecule has 1 aromatic heterocycles. The number of nitrogens with one attached hydrogen (secondary N) is 2. The van der Waals surface area contributed by atoms with Crippen LogP contribution in [0.1, 0.15) is 15.9 Å². The highest BCUT2D eigenvalue weighted by atomic mass is 35.5. The molecule has 0 bridgehead atoms. The van der Waals surface area contributed by atoms with Crippen LogP contribution in [0.5, 0.6) is 0 Å². The van der Waals surface area contributed by atoms with E-state index in [1.165, 1.54) is 0 Å². The number of alkyl halides is 3. The molecule has 0 fully saturated rings. The van der Waals surface area contributed by atoms with Gasteiger partial charge in [0, 0.05) is 0 Å². The van der Waals surface area contributed by atoms with Crippen LogP contribution in [0, 0.1) is 0 Å². The fraction of sp³-hybridized carbons (Fsp3) is 0.111. The Morgan fingerprint density at radius 3 is 2.48 bits per heavy atom. The fourth-order valence-electron chi connectivity index (χ4n) is 2.24. The Bertz CT molecular complexity index is 1130. The van der Waals surface area contributed by atoms with Crippen molar-refractivity contribution in [2.45, 2.75) is 10.5 Å². The summed E-state index contributed by atoms with van der Waals surface area (Å²) in [6.07, 6.45) is -4.56. The zero-order valence-corrected chi connectivity index (χ0v) is 18.3. The lowest BCUT2D eigenvalue weighted by Crippen LogP contribution is -2.15. The van der Waals surface area contributed by atoms with Crippen molar-refractivity contribution >= 4 is 68.9 Å². The summed E-state index contributed by atoms with van der Waals surface area (Å²) in [6, 6.07) is 9.13. The normalized spacial score (nSPS) is 11.3. The minimum Gasteiger partial charge on any atom is -0.324 e. The average molecular weight is 507 g/mol. The SMILES string of the molecule is O=C(CSc1nnc(NC(=O)c2ccccc2Cl)s1)Nc1cc(C(F)(F)F)ccc1Cl. The first-order valence-electron chi connectivity index (χ1n) is 8.32. The molecule has 0 atom stereocenters. The molecule has 0 saturated carbocycles. The van der Waals surface area contributed by atoms with Crippen molar-refractivity contribution in [1.82, 2.24) is 10.2 Å². The molecule has 0 unspecified atom stereocenters. The molecule has 2 aromatic carbocycles. The largest absolute Gasteiger partial charge is 0.416 e. The summed E-state index contributed by atoms with van der Waals surface area (Å²) < 4.78 is 38.8. The highest BCUT2D eigenvalue weighted by Gasteiger charge is 2.31. The first-order valence-corrected chi connectivity index (χ1v) is 10.9. The number of aromatic nitrogens is 2. The van der Waals surface area contributed by atoms with Crippen LogP contribution in [0.4, 0.5) is 24.0 Å². The van der Waals surface area contributed by atoms with Gasteiger partial charge < -0.3 is 5.32 Å². The lowest BCUT2D eigenvalue weighted by molar-refractivity contribution is -0.137. The van der Waals surface area contributed by atoms with E-state index in [-0.39, 0.29) is 32.2 Å². The second-order valence-corrected chi connectivity index (χ2v) is 8.85. The minimum atomic E-state index is -4.56. The van der Waals surface area contributed by atoms with E-state index in [0.717, 1.165) is 41.3 Å². The number of amides is 2.